The monoisotopic (exact) mass is 274 g/mol. The Morgan fingerprint density at radius 1 is 1.16 bits per heavy atom. The van der Waals surface area contributed by atoms with Crippen LogP contribution in [0.5, 0.6) is 0 Å². The highest BCUT2D eigenvalue weighted by atomic mass is 32.2. The molecule has 0 radical (unpaired) electrons. The van der Waals surface area contributed by atoms with Gasteiger partial charge in [-0.1, -0.05) is 17.7 Å². The standard InChI is InChI=1S/C15H18N2OS/c1-2-3-19-14-17-16-13(18-14)15-7-10-4-11(8-15)6-12(5-10)9-15/h1,10-12H,3-9H2. The Hall–Kier alpha value is -0.950. The van der Waals surface area contributed by atoms with Crippen LogP contribution in [0.3, 0.4) is 0 Å². The van der Waals surface area contributed by atoms with Crippen LogP contribution in [0.2, 0.25) is 0 Å². The van der Waals surface area contributed by atoms with Gasteiger partial charge in [0.05, 0.1) is 5.75 Å². The minimum absolute atomic E-state index is 0.205. The molecule has 4 bridgehead atoms. The van der Waals surface area contributed by atoms with Crippen molar-refractivity contribution in [2.45, 2.75) is 49.2 Å². The molecular formula is C15H18N2OS. The molecule has 3 nitrogen and oxygen atoms in total. The molecule has 5 rings (SSSR count). The van der Waals surface area contributed by atoms with E-state index in [1.54, 1.807) is 0 Å². The first-order chi connectivity index (χ1) is 9.27. The Morgan fingerprint density at radius 2 is 1.79 bits per heavy atom. The summed E-state index contributed by atoms with van der Waals surface area (Å²) in [5.41, 5.74) is 0.205. The predicted molar refractivity (Wildman–Crippen MR) is 73.7 cm³/mol. The first kappa shape index (κ1) is 11.8. The second-order valence-corrected chi connectivity index (χ2v) is 7.49. The lowest BCUT2D eigenvalue weighted by Crippen LogP contribution is -2.48. The fraction of sp³-hybridized carbons (Fsp3) is 0.733. The minimum Gasteiger partial charge on any atom is -0.415 e. The normalized spacial score (nSPS) is 39.4. The first-order valence-corrected chi connectivity index (χ1v) is 8.16. The number of hydrogen-bond acceptors (Lipinski definition) is 4. The molecule has 0 saturated heterocycles. The fourth-order valence-electron chi connectivity index (χ4n) is 4.96. The van der Waals surface area contributed by atoms with Crippen molar-refractivity contribution in [3.63, 3.8) is 0 Å². The van der Waals surface area contributed by atoms with E-state index in [-0.39, 0.29) is 5.41 Å². The van der Waals surface area contributed by atoms with Crippen LogP contribution < -0.4 is 0 Å². The van der Waals surface area contributed by atoms with E-state index in [9.17, 15) is 0 Å². The molecule has 4 aliphatic rings. The van der Waals surface area contributed by atoms with Gasteiger partial charge in [0.15, 0.2) is 0 Å². The molecule has 0 amide bonds. The van der Waals surface area contributed by atoms with E-state index < -0.39 is 0 Å². The first-order valence-electron chi connectivity index (χ1n) is 7.18. The van der Waals surface area contributed by atoms with E-state index in [1.807, 2.05) is 0 Å². The van der Waals surface area contributed by atoms with E-state index in [2.05, 4.69) is 16.1 Å². The molecule has 19 heavy (non-hydrogen) atoms. The topological polar surface area (TPSA) is 38.9 Å². The number of aromatic nitrogens is 2. The minimum atomic E-state index is 0.205. The van der Waals surface area contributed by atoms with Crippen molar-refractivity contribution in [1.82, 2.24) is 10.2 Å². The van der Waals surface area contributed by atoms with Crippen LogP contribution in [0.25, 0.3) is 0 Å². The molecule has 1 aromatic heterocycles. The number of terminal acetylenes is 1. The van der Waals surface area contributed by atoms with Gasteiger partial charge in [-0.2, -0.15) is 0 Å². The van der Waals surface area contributed by atoms with Crippen LogP contribution in [-0.2, 0) is 5.41 Å². The molecule has 0 atom stereocenters. The maximum Gasteiger partial charge on any atom is 0.277 e. The second kappa shape index (κ2) is 4.28. The van der Waals surface area contributed by atoms with Gasteiger partial charge in [-0.3, -0.25) is 0 Å². The van der Waals surface area contributed by atoms with Crippen molar-refractivity contribution in [3.8, 4) is 12.3 Å². The van der Waals surface area contributed by atoms with Gasteiger partial charge in [-0.05, 0) is 56.3 Å². The highest BCUT2D eigenvalue weighted by molar-refractivity contribution is 7.99. The van der Waals surface area contributed by atoms with Crippen molar-refractivity contribution in [2.24, 2.45) is 17.8 Å². The number of nitrogens with zero attached hydrogens (tertiary/aromatic N) is 2. The van der Waals surface area contributed by atoms with E-state index >= 15 is 0 Å². The third-order valence-electron chi connectivity index (χ3n) is 5.18. The summed E-state index contributed by atoms with van der Waals surface area (Å²) in [7, 11) is 0. The quantitative estimate of drug-likeness (QED) is 0.626. The van der Waals surface area contributed by atoms with Crippen molar-refractivity contribution >= 4 is 11.8 Å². The summed E-state index contributed by atoms with van der Waals surface area (Å²) in [6.07, 6.45) is 13.4. The molecule has 0 spiro atoms. The van der Waals surface area contributed by atoms with Gasteiger partial charge in [0.2, 0.25) is 5.89 Å². The molecule has 0 unspecified atom stereocenters. The van der Waals surface area contributed by atoms with Gasteiger partial charge in [0.25, 0.3) is 5.22 Å². The summed E-state index contributed by atoms with van der Waals surface area (Å²) in [6, 6.07) is 0. The van der Waals surface area contributed by atoms with Crippen LogP contribution in [0, 0.1) is 30.1 Å². The highest BCUT2D eigenvalue weighted by Crippen LogP contribution is 2.60. The van der Waals surface area contributed by atoms with Crippen molar-refractivity contribution in [1.29, 1.82) is 0 Å². The Kier molecular flexibility index (Phi) is 2.66. The maximum atomic E-state index is 5.92. The van der Waals surface area contributed by atoms with Crippen LogP contribution in [0.1, 0.15) is 44.4 Å². The Balaban J connectivity index is 1.61. The van der Waals surface area contributed by atoms with Crippen molar-refractivity contribution in [2.75, 3.05) is 5.75 Å². The van der Waals surface area contributed by atoms with Gasteiger partial charge in [-0.15, -0.1) is 16.6 Å². The Morgan fingerprint density at radius 3 is 2.37 bits per heavy atom. The maximum absolute atomic E-state index is 5.92. The predicted octanol–water partition coefficient (Wildman–Crippen LogP) is 3.26. The van der Waals surface area contributed by atoms with E-state index in [0.717, 1.165) is 23.6 Å². The summed E-state index contributed by atoms with van der Waals surface area (Å²) in [6.45, 7) is 0. The average Bonchev–Trinajstić information content (AvgIpc) is 2.84. The van der Waals surface area contributed by atoms with Crippen LogP contribution in [-0.4, -0.2) is 16.0 Å². The zero-order valence-electron chi connectivity index (χ0n) is 11.0. The van der Waals surface area contributed by atoms with Gasteiger partial charge < -0.3 is 4.42 Å². The zero-order valence-corrected chi connectivity index (χ0v) is 11.8. The summed E-state index contributed by atoms with van der Waals surface area (Å²) < 4.78 is 5.92. The molecule has 1 heterocycles. The Bertz CT molecular complexity index is 495. The van der Waals surface area contributed by atoms with E-state index in [0.29, 0.717) is 11.0 Å². The van der Waals surface area contributed by atoms with E-state index in [1.165, 1.54) is 50.3 Å². The van der Waals surface area contributed by atoms with Crippen LogP contribution >= 0.6 is 11.8 Å². The lowest BCUT2D eigenvalue weighted by atomic mass is 9.49. The van der Waals surface area contributed by atoms with Crippen molar-refractivity contribution in [3.05, 3.63) is 5.89 Å². The molecule has 0 N–H and O–H groups in total. The lowest BCUT2D eigenvalue weighted by Gasteiger charge is -2.55. The van der Waals surface area contributed by atoms with Crippen LogP contribution in [0.15, 0.2) is 9.64 Å². The molecule has 1 aromatic rings. The van der Waals surface area contributed by atoms with Gasteiger partial charge >= 0.3 is 0 Å². The summed E-state index contributed by atoms with van der Waals surface area (Å²) in [5.74, 6) is 6.80. The molecular weight excluding hydrogens is 256 g/mol. The molecule has 4 fully saturated rings. The largest absolute Gasteiger partial charge is 0.415 e. The molecule has 0 aromatic carbocycles. The third kappa shape index (κ3) is 1.90. The number of thioether (sulfide) groups is 1. The van der Waals surface area contributed by atoms with Gasteiger partial charge in [0.1, 0.15) is 0 Å². The molecule has 4 heteroatoms. The zero-order chi connectivity index (χ0) is 12.9. The van der Waals surface area contributed by atoms with Crippen LogP contribution in [0.4, 0.5) is 0 Å². The molecule has 4 saturated carbocycles. The SMILES string of the molecule is C#CCSc1nnc(C23CC4CC(CC(C4)C2)C3)o1. The fourth-order valence-corrected chi connectivity index (χ4v) is 5.40. The average molecular weight is 274 g/mol. The Labute approximate surface area is 117 Å². The van der Waals surface area contributed by atoms with Gasteiger partial charge in [0, 0.05) is 5.41 Å². The molecule has 0 aliphatic heterocycles. The lowest BCUT2D eigenvalue weighted by molar-refractivity contribution is -0.0191. The van der Waals surface area contributed by atoms with E-state index in [4.69, 9.17) is 10.8 Å². The summed E-state index contributed by atoms with van der Waals surface area (Å²) in [4.78, 5) is 0. The highest BCUT2D eigenvalue weighted by Gasteiger charge is 2.54. The third-order valence-corrected chi connectivity index (χ3v) is 5.90. The smallest absolute Gasteiger partial charge is 0.277 e. The molecule has 4 aliphatic carbocycles. The summed E-state index contributed by atoms with van der Waals surface area (Å²) >= 11 is 1.47. The molecule has 100 valence electrons. The summed E-state index contributed by atoms with van der Waals surface area (Å²) in [5, 5.41) is 9.16. The van der Waals surface area contributed by atoms with Crippen molar-refractivity contribution < 1.29 is 4.42 Å². The van der Waals surface area contributed by atoms with Gasteiger partial charge in [-0.25, -0.2) is 0 Å². The second-order valence-electron chi connectivity index (χ2n) is 6.56. The number of rotatable bonds is 3. The number of hydrogen-bond donors (Lipinski definition) is 0.